The first kappa shape index (κ1) is 19.1. The monoisotopic (exact) mass is 386 g/mol. The van der Waals surface area contributed by atoms with E-state index >= 15 is 0 Å². The summed E-state index contributed by atoms with van der Waals surface area (Å²) in [7, 11) is 0. The minimum atomic E-state index is -0.751. The standard InChI is InChI=1S/C20H22N2O4S/c1-13(2)18(21-19(24)16-5-4-12-27-16)20(25)26-15-9-7-14(8-10-15)22-11-3-6-17(22)23/h4-5,7-10,12-13,18H,3,6,11H2,1-2H3,(H,21,24). The maximum atomic E-state index is 12.6. The number of amides is 2. The van der Waals surface area contributed by atoms with E-state index in [-0.39, 0.29) is 17.7 Å². The molecule has 27 heavy (non-hydrogen) atoms. The van der Waals surface area contributed by atoms with Crippen molar-refractivity contribution in [3.05, 3.63) is 46.7 Å². The van der Waals surface area contributed by atoms with Gasteiger partial charge in [-0.15, -0.1) is 11.3 Å². The van der Waals surface area contributed by atoms with Crippen LogP contribution < -0.4 is 15.0 Å². The highest BCUT2D eigenvalue weighted by molar-refractivity contribution is 7.12. The van der Waals surface area contributed by atoms with Gasteiger partial charge in [0.25, 0.3) is 5.91 Å². The molecule has 1 aliphatic heterocycles. The highest BCUT2D eigenvalue weighted by Gasteiger charge is 2.27. The van der Waals surface area contributed by atoms with Crippen LogP contribution in [0.25, 0.3) is 0 Å². The Hall–Kier alpha value is -2.67. The van der Waals surface area contributed by atoms with E-state index in [0.29, 0.717) is 23.6 Å². The fraction of sp³-hybridized carbons (Fsp3) is 0.350. The van der Waals surface area contributed by atoms with Crippen molar-refractivity contribution in [1.29, 1.82) is 0 Å². The van der Waals surface area contributed by atoms with E-state index in [2.05, 4.69) is 5.32 Å². The van der Waals surface area contributed by atoms with Gasteiger partial charge < -0.3 is 15.0 Å². The molecule has 0 saturated carbocycles. The van der Waals surface area contributed by atoms with Gasteiger partial charge >= 0.3 is 5.97 Å². The molecule has 1 atom stereocenters. The Morgan fingerprint density at radius 3 is 2.48 bits per heavy atom. The molecule has 0 aliphatic carbocycles. The Morgan fingerprint density at radius 2 is 1.93 bits per heavy atom. The molecule has 1 unspecified atom stereocenters. The number of nitrogens with one attached hydrogen (secondary N) is 1. The first-order chi connectivity index (χ1) is 13.0. The zero-order valence-electron chi connectivity index (χ0n) is 15.3. The zero-order chi connectivity index (χ0) is 19.4. The van der Waals surface area contributed by atoms with Gasteiger partial charge in [-0.1, -0.05) is 19.9 Å². The molecule has 1 N–H and O–H groups in total. The van der Waals surface area contributed by atoms with Crippen LogP contribution in [0, 0.1) is 5.92 Å². The minimum absolute atomic E-state index is 0.107. The minimum Gasteiger partial charge on any atom is -0.425 e. The van der Waals surface area contributed by atoms with Crippen molar-refractivity contribution in [3.63, 3.8) is 0 Å². The van der Waals surface area contributed by atoms with E-state index in [0.717, 1.165) is 12.1 Å². The van der Waals surface area contributed by atoms with Crippen LogP contribution in [0.2, 0.25) is 0 Å². The summed E-state index contributed by atoms with van der Waals surface area (Å²) < 4.78 is 5.45. The van der Waals surface area contributed by atoms with Crippen LogP contribution in [-0.2, 0) is 9.59 Å². The lowest BCUT2D eigenvalue weighted by atomic mass is 10.0. The van der Waals surface area contributed by atoms with Gasteiger partial charge in [-0.2, -0.15) is 0 Å². The highest BCUT2D eigenvalue weighted by atomic mass is 32.1. The lowest BCUT2D eigenvalue weighted by molar-refractivity contribution is -0.137. The van der Waals surface area contributed by atoms with Gasteiger partial charge in [-0.05, 0) is 48.1 Å². The predicted octanol–water partition coefficient (Wildman–Crippen LogP) is 3.23. The van der Waals surface area contributed by atoms with E-state index in [9.17, 15) is 14.4 Å². The summed E-state index contributed by atoms with van der Waals surface area (Å²) in [6.45, 7) is 4.41. The summed E-state index contributed by atoms with van der Waals surface area (Å²) in [5.41, 5.74) is 0.795. The third-order valence-electron chi connectivity index (χ3n) is 4.39. The third kappa shape index (κ3) is 4.54. The van der Waals surface area contributed by atoms with Gasteiger partial charge in [0.2, 0.25) is 5.91 Å². The van der Waals surface area contributed by atoms with Crippen molar-refractivity contribution in [3.8, 4) is 5.75 Å². The average Bonchev–Trinajstić information content (AvgIpc) is 3.31. The van der Waals surface area contributed by atoms with Gasteiger partial charge in [0, 0.05) is 18.7 Å². The van der Waals surface area contributed by atoms with Crippen molar-refractivity contribution < 1.29 is 19.1 Å². The number of benzene rings is 1. The summed E-state index contributed by atoms with van der Waals surface area (Å²) in [5, 5.41) is 4.55. The van der Waals surface area contributed by atoms with Crippen molar-refractivity contribution in [2.45, 2.75) is 32.7 Å². The molecule has 0 radical (unpaired) electrons. The van der Waals surface area contributed by atoms with Gasteiger partial charge in [-0.3, -0.25) is 9.59 Å². The Balaban J connectivity index is 1.65. The molecule has 1 fully saturated rings. The largest absolute Gasteiger partial charge is 0.425 e. The number of hydrogen-bond donors (Lipinski definition) is 1. The molecule has 2 aromatic rings. The molecular formula is C20H22N2O4S. The second-order valence-corrected chi connectivity index (χ2v) is 7.68. The number of hydrogen-bond acceptors (Lipinski definition) is 5. The van der Waals surface area contributed by atoms with Gasteiger partial charge in [-0.25, -0.2) is 4.79 Å². The number of carbonyl (C=O) groups excluding carboxylic acids is 3. The number of carbonyl (C=O) groups is 3. The number of nitrogens with zero attached hydrogens (tertiary/aromatic N) is 1. The summed E-state index contributed by atoms with van der Waals surface area (Å²) in [4.78, 5) is 38.9. The van der Waals surface area contributed by atoms with Crippen molar-refractivity contribution in [1.82, 2.24) is 5.32 Å². The molecule has 1 aliphatic rings. The Bertz CT molecular complexity index is 815. The quantitative estimate of drug-likeness (QED) is 0.611. The number of thiophene rings is 1. The van der Waals surface area contributed by atoms with Crippen LogP contribution in [0.1, 0.15) is 36.4 Å². The predicted molar refractivity (Wildman–Crippen MR) is 104 cm³/mol. The maximum absolute atomic E-state index is 12.6. The average molecular weight is 386 g/mol. The molecule has 2 heterocycles. The molecule has 0 spiro atoms. The molecule has 1 aromatic heterocycles. The number of rotatable bonds is 6. The second-order valence-electron chi connectivity index (χ2n) is 6.74. The molecular weight excluding hydrogens is 364 g/mol. The summed E-state index contributed by atoms with van der Waals surface area (Å²) in [5.74, 6) is -0.436. The van der Waals surface area contributed by atoms with Crippen LogP contribution in [0.3, 0.4) is 0 Å². The van der Waals surface area contributed by atoms with Crippen LogP contribution >= 0.6 is 11.3 Å². The Morgan fingerprint density at radius 1 is 1.19 bits per heavy atom. The van der Waals surface area contributed by atoms with Crippen LogP contribution in [-0.4, -0.2) is 30.4 Å². The zero-order valence-corrected chi connectivity index (χ0v) is 16.1. The maximum Gasteiger partial charge on any atom is 0.334 e. The summed E-state index contributed by atoms with van der Waals surface area (Å²) >= 11 is 1.32. The SMILES string of the molecule is CC(C)C(NC(=O)c1cccs1)C(=O)Oc1ccc(N2CCCC2=O)cc1. The molecule has 7 heteroatoms. The first-order valence-corrected chi connectivity index (χ1v) is 9.80. The van der Waals surface area contributed by atoms with Gasteiger partial charge in [0.05, 0.1) is 4.88 Å². The first-order valence-electron chi connectivity index (χ1n) is 8.92. The van der Waals surface area contributed by atoms with Crippen molar-refractivity contribution in [2.24, 2.45) is 5.92 Å². The lowest BCUT2D eigenvalue weighted by Crippen LogP contribution is -2.46. The second kappa shape index (κ2) is 8.35. The van der Waals surface area contributed by atoms with Gasteiger partial charge in [0.15, 0.2) is 0 Å². The van der Waals surface area contributed by atoms with Crippen LogP contribution in [0.15, 0.2) is 41.8 Å². The van der Waals surface area contributed by atoms with E-state index in [4.69, 9.17) is 4.74 Å². The molecule has 1 saturated heterocycles. The number of anilines is 1. The van der Waals surface area contributed by atoms with Crippen LogP contribution in [0.4, 0.5) is 5.69 Å². The van der Waals surface area contributed by atoms with Crippen molar-refractivity contribution >= 4 is 34.8 Å². The number of ether oxygens (including phenoxy) is 1. The molecule has 3 rings (SSSR count). The summed E-state index contributed by atoms with van der Waals surface area (Å²) in [6, 6.07) is 9.60. The Labute approximate surface area is 162 Å². The molecule has 0 bridgehead atoms. The molecule has 1 aromatic carbocycles. The fourth-order valence-corrected chi connectivity index (χ4v) is 3.54. The third-order valence-corrected chi connectivity index (χ3v) is 5.26. The van der Waals surface area contributed by atoms with Crippen molar-refractivity contribution in [2.75, 3.05) is 11.4 Å². The van der Waals surface area contributed by atoms with E-state index in [1.807, 2.05) is 19.2 Å². The van der Waals surface area contributed by atoms with Gasteiger partial charge in [0.1, 0.15) is 11.8 Å². The summed E-state index contributed by atoms with van der Waals surface area (Å²) in [6.07, 6.45) is 1.42. The highest BCUT2D eigenvalue weighted by Crippen LogP contribution is 2.24. The van der Waals surface area contributed by atoms with E-state index < -0.39 is 12.0 Å². The Kier molecular flexibility index (Phi) is 5.91. The smallest absolute Gasteiger partial charge is 0.334 e. The molecule has 142 valence electrons. The van der Waals surface area contributed by atoms with Crippen LogP contribution in [0.5, 0.6) is 5.75 Å². The topological polar surface area (TPSA) is 75.7 Å². The number of esters is 1. The molecule has 2 amide bonds. The van der Waals surface area contributed by atoms with E-state index in [1.165, 1.54) is 11.3 Å². The lowest BCUT2D eigenvalue weighted by Gasteiger charge is -2.21. The molecule has 6 nitrogen and oxygen atoms in total. The van der Waals surface area contributed by atoms with E-state index in [1.54, 1.807) is 41.3 Å². The fourth-order valence-electron chi connectivity index (χ4n) is 2.91. The normalized spacial score (nSPS) is 15.1.